The van der Waals surface area contributed by atoms with E-state index in [0.717, 1.165) is 19.3 Å². The maximum Gasteiger partial charge on any atom is 0.332 e. The van der Waals surface area contributed by atoms with Crippen LogP contribution < -0.4 is 16.8 Å². The maximum absolute atomic E-state index is 10.3. The van der Waals surface area contributed by atoms with Gasteiger partial charge in [0.2, 0.25) is 5.91 Å². The summed E-state index contributed by atoms with van der Waals surface area (Å²) in [5, 5.41) is 44.5. The largest absolute Gasteiger partial charge is 0.480 e. The van der Waals surface area contributed by atoms with E-state index >= 15 is 0 Å². The number of amides is 1. The van der Waals surface area contributed by atoms with Gasteiger partial charge in [-0.1, -0.05) is 67.0 Å². The summed E-state index contributed by atoms with van der Waals surface area (Å²) < 4.78 is 0. The molecule has 0 heterocycles. The summed E-state index contributed by atoms with van der Waals surface area (Å²) in [6.45, 7) is 4.84. The maximum atomic E-state index is 10.3. The van der Waals surface area contributed by atoms with Crippen molar-refractivity contribution < 1.29 is 49.5 Å². The Morgan fingerprint density at radius 1 is 0.750 bits per heavy atom. The Balaban J connectivity index is -0.000000465. The fourth-order valence-electron chi connectivity index (χ4n) is 1.99. The molecule has 10 N–H and O–H groups in total. The van der Waals surface area contributed by atoms with Gasteiger partial charge in [-0.3, -0.25) is 19.2 Å². The fraction of sp³-hybridized carbons (Fsp3) is 0.762. The number of aliphatic carboxylic acids is 4. The van der Waals surface area contributed by atoms with Gasteiger partial charge in [0, 0.05) is 18.4 Å². The Morgan fingerprint density at radius 3 is 1.47 bits per heavy atom. The number of nitrogens with one attached hydrogen (secondary N) is 1. The highest BCUT2D eigenvalue weighted by Gasteiger charge is 2.14. The zero-order valence-corrected chi connectivity index (χ0v) is 22.6. The number of carbonyl (C=O) groups excluding carboxylic acids is 1. The molecule has 4 atom stereocenters. The number of rotatable bonds is 17. The SMILES string of the molecule is CC(=O)NC(C)C(=O)O.CCCCCCCCC(O)C(=O)O.NC(CSSCC(N)C(=O)O)C(=O)O. The second kappa shape index (κ2) is 24.6. The number of hydrogen-bond donors (Lipinski definition) is 8. The van der Waals surface area contributed by atoms with E-state index in [1.807, 2.05) is 0 Å². The highest BCUT2D eigenvalue weighted by molar-refractivity contribution is 8.76. The fourth-order valence-corrected chi connectivity index (χ4v) is 4.22. The Labute approximate surface area is 219 Å². The molecule has 13 nitrogen and oxygen atoms in total. The number of hydrogen-bond acceptors (Lipinski definition) is 10. The van der Waals surface area contributed by atoms with Gasteiger partial charge in [-0.05, 0) is 13.3 Å². The minimum absolute atomic E-state index is 0.229. The van der Waals surface area contributed by atoms with Crippen LogP contribution in [-0.4, -0.2) is 91.1 Å². The molecule has 0 saturated heterocycles. The lowest BCUT2D eigenvalue weighted by atomic mass is 10.1. The summed E-state index contributed by atoms with van der Waals surface area (Å²) in [6.07, 6.45) is 5.92. The normalized spacial score (nSPS) is 13.4. The van der Waals surface area contributed by atoms with E-state index in [0.29, 0.717) is 6.42 Å². The lowest BCUT2D eigenvalue weighted by Gasteiger charge is -2.07. The van der Waals surface area contributed by atoms with Gasteiger partial charge in [0.1, 0.15) is 18.1 Å². The smallest absolute Gasteiger partial charge is 0.332 e. The molecule has 15 heteroatoms. The van der Waals surface area contributed by atoms with Crippen molar-refractivity contribution in [2.24, 2.45) is 11.5 Å². The average molecular weight is 560 g/mol. The summed E-state index contributed by atoms with van der Waals surface area (Å²) in [6, 6.07) is -2.63. The molecule has 0 aromatic heterocycles. The van der Waals surface area contributed by atoms with Crippen molar-refractivity contribution in [1.29, 1.82) is 0 Å². The molecule has 4 unspecified atom stereocenters. The molecule has 0 bridgehead atoms. The quantitative estimate of drug-likeness (QED) is 0.0913. The van der Waals surface area contributed by atoms with Crippen molar-refractivity contribution in [2.75, 3.05) is 11.5 Å². The molecular weight excluding hydrogens is 518 g/mol. The van der Waals surface area contributed by atoms with Gasteiger partial charge in [-0.25, -0.2) is 4.79 Å². The highest BCUT2D eigenvalue weighted by Crippen LogP contribution is 2.22. The molecule has 212 valence electrons. The number of unbranched alkanes of at least 4 members (excludes halogenated alkanes) is 5. The molecule has 0 aliphatic carbocycles. The summed E-state index contributed by atoms with van der Waals surface area (Å²) in [7, 11) is 2.41. The molecule has 1 amide bonds. The summed E-state index contributed by atoms with van der Waals surface area (Å²) in [5.74, 6) is -4.14. The Kier molecular flexibility index (Phi) is 26.3. The third-order valence-corrected chi connectivity index (χ3v) is 6.59. The predicted octanol–water partition coefficient (Wildman–Crippen LogP) is 0.970. The molecule has 0 fully saturated rings. The first-order valence-corrected chi connectivity index (χ1v) is 13.8. The monoisotopic (exact) mass is 559 g/mol. The van der Waals surface area contributed by atoms with Gasteiger partial charge in [0.05, 0.1) is 0 Å². The summed E-state index contributed by atoms with van der Waals surface area (Å²) in [4.78, 5) is 51.0. The first-order chi connectivity index (χ1) is 16.7. The van der Waals surface area contributed by atoms with E-state index in [-0.39, 0.29) is 17.4 Å². The highest BCUT2D eigenvalue weighted by atomic mass is 33.1. The third-order valence-electron chi connectivity index (χ3n) is 4.12. The van der Waals surface area contributed by atoms with Crippen LogP contribution in [0.4, 0.5) is 0 Å². The van der Waals surface area contributed by atoms with Crippen LogP contribution in [0.25, 0.3) is 0 Å². The zero-order chi connectivity index (χ0) is 28.7. The molecule has 0 aliphatic heterocycles. The van der Waals surface area contributed by atoms with Crippen LogP contribution in [0.5, 0.6) is 0 Å². The molecule has 0 aliphatic rings. The van der Waals surface area contributed by atoms with Gasteiger partial charge in [-0.15, -0.1) is 0 Å². The molecule has 0 aromatic carbocycles. The molecular formula is C21H41N3O10S2. The first-order valence-electron chi connectivity index (χ1n) is 11.3. The number of carboxylic acid groups (broad SMARTS) is 4. The lowest BCUT2D eigenvalue weighted by Crippen LogP contribution is -2.36. The third kappa shape index (κ3) is 28.2. The van der Waals surface area contributed by atoms with Gasteiger partial charge in [-0.2, -0.15) is 0 Å². The van der Waals surface area contributed by atoms with Crippen LogP contribution in [-0.2, 0) is 24.0 Å². The topological polar surface area (TPSA) is 251 Å². The second-order valence-corrected chi connectivity index (χ2v) is 10.2. The Hall–Kier alpha value is -2.07. The van der Waals surface area contributed by atoms with Crippen LogP contribution in [0, 0.1) is 0 Å². The molecule has 0 aromatic rings. The predicted molar refractivity (Wildman–Crippen MR) is 139 cm³/mol. The number of aliphatic hydroxyl groups is 1. The van der Waals surface area contributed by atoms with Gasteiger partial charge in [0.25, 0.3) is 0 Å². The van der Waals surface area contributed by atoms with Crippen molar-refractivity contribution in [3.63, 3.8) is 0 Å². The second-order valence-electron chi connectivity index (χ2n) is 7.63. The van der Waals surface area contributed by atoms with E-state index in [2.05, 4.69) is 12.2 Å². The van der Waals surface area contributed by atoms with Crippen molar-refractivity contribution in [2.45, 2.75) is 89.9 Å². The number of carboxylic acids is 4. The van der Waals surface area contributed by atoms with Crippen LogP contribution in [0.3, 0.4) is 0 Å². The molecule has 0 rings (SSSR count). The number of aliphatic hydroxyl groups excluding tert-OH is 1. The average Bonchev–Trinajstić information content (AvgIpc) is 2.78. The van der Waals surface area contributed by atoms with Gasteiger partial charge in [0.15, 0.2) is 6.10 Å². The van der Waals surface area contributed by atoms with E-state index in [4.69, 9.17) is 37.0 Å². The van der Waals surface area contributed by atoms with Crippen molar-refractivity contribution in [1.82, 2.24) is 5.32 Å². The minimum Gasteiger partial charge on any atom is -0.480 e. The number of carbonyl (C=O) groups is 5. The molecule has 36 heavy (non-hydrogen) atoms. The van der Waals surface area contributed by atoms with E-state index < -0.39 is 48.1 Å². The summed E-state index contributed by atoms with van der Waals surface area (Å²) >= 11 is 0. The van der Waals surface area contributed by atoms with E-state index in [1.54, 1.807) is 0 Å². The minimum atomic E-state index is -1.16. The molecule has 0 radical (unpaired) electrons. The van der Waals surface area contributed by atoms with Crippen LogP contribution in [0.15, 0.2) is 0 Å². The first kappa shape index (κ1) is 38.5. The van der Waals surface area contributed by atoms with Crippen molar-refractivity contribution >= 4 is 51.4 Å². The number of nitrogens with two attached hydrogens (primary N) is 2. The van der Waals surface area contributed by atoms with Crippen molar-refractivity contribution in [3.05, 3.63) is 0 Å². The van der Waals surface area contributed by atoms with Crippen LogP contribution in [0.2, 0.25) is 0 Å². The molecule has 0 saturated carbocycles. The van der Waals surface area contributed by atoms with E-state index in [9.17, 15) is 24.0 Å². The van der Waals surface area contributed by atoms with Gasteiger partial charge >= 0.3 is 23.9 Å². The van der Waals surface area contributed by atoms with Crippen LogP contribution >= 0.6 is 21.6 Å². The molecule has 0 spiro atoms. The standard InChI is InChI=1S/C10H20O3.C6H12N2O4S2.C5H9NO3/c1-2-3-4-5-6-7-8-9(11)10(12)13;7-3(5(9)10)1-13-14-2-4(8)6(11)12;1-3(5(8)9)6-4(2)7/h9,11H,2-8H2,1H3,(H,12,13);3-4H,1-2,7-8H2,(H,9,10)(H,11,12);3H,1-2H3,(H,6,7)(H,8,9). The van der Waals surface area contributed by atoms with Crippen molar-refractivity contribution in [3.8, 4) is 0 Å². The van der Waals surface area contributed by atoms with Crippen LogP contribution in [0.1, 0.15) is 65.7 Å². The lowest BCUT2D eigenvalue weighted by molar-refractivity contribution is -0.147. The Bertz CT molecular complexity index is 633. The summed E-state index contributed by atoms with van der Waals surface area (Å²) in [5.41, 5.74) is 10.4. The zero-order valence-electron chi connectivity index (χ0n) is 20.9. The van der Waals surface area contributed by atoms with E-state index in [1.165, 1.54) is 54.7 Å². The van der Waals surface area contributed by atoms with Gasteiger partial charge < -0.3 is 42.3 Å². The Morgan fingerprint density at radius 2 is 1.17 bits per heavy atom.